The van der Waals surface area contributed by atoms with Crippen LogP contribution in [0.2, 0.25) is 0 Å². The number of hydrogen-bond acceptors (Lipinski definition) is 4. The van der Waals surface area contributed by atoms with Crippen molar-refractivity contribution in [1.82, 2.24) is 10.1 Å². The van der Waals surface area contributed by atoms with E-state index in [0.29, 0.717) is 17.0 Å². The van der Waals surface area contributed by atoms with E-state index >= 15 is 0 Å². The monoisotopic (exact) mass is 271 g/mol. The van der Waals surface area contributed by atoms with Crippen LogP contribution in [0.25, 0.3) is 22.5 Å². The maximum atomic E-state index is 13.9. The van der Waals surface area contributed by atoms with Gasteiger partial charge < -0.3 is 15.2 Å². The van der Waals surface area contributed by atoms with E-state index in [9.17, 15) is 9.18 Å². The Morgan fingerprint density at radius 2 is 1.95 bits per heavy atom. The number of H-pyrrole nitrogens is 1. The highest BCUT2D eigenvalue weighted by atomic mass is 19.1. The number of aromatic nitrogens is 2. The number of halogens is 1. The Hall–Kier alpha value is -2.89. The normalized spacial score (nSPS) is 10.7. The largest absolute Gasteiger partial charge is 0.367 e. The molecule has 100 valence electrons. The van der Waals surface area contributed by atoms with Crippen LogP contribution in [-0.2, 0) is 0 Å². The van der Waals surface area contributed by atoms with Gasteiger partial charge in [-0.1, -0.05) is 29.4 Å². The maximum absolute atomic E-state index is 13.9. The van der Waals surface area contributed by atoms with Crippen LogP contribution in [0.15, 0.2) is 51.8 Å². The van der Waals surface area contributed by atoms with Gasteiger partial charge in [0.05, 0.1) is 11.3 Å². The lowest BCUT2D eigenvalue weighted by molar-refractivity contribution is 0.439. The van der Waals surface area contributed by atoms with E-state index in [0.717, 1.165) is 0 Å². The number of rotatable bonds is 2. The van der Waals surface area contributed by atoms with E-state index in [1.165, 1.54) is 12.1 Å². The minimum atomic E-state index is -0.443. The van der Waals surface area contributed by atoms with Gasteiger partial charge in [-0.15, -0.1) is 0 Å². The van der Waals surface area contributed by atoms with Crippen LogP contribution in [0.1, 0.15) is 0 Å². The number of nitrogens with zero attached hydrogens (tertiary/aromatic N) is 1. The van der Waals surface area contributed by atoms with Gasteiger partial charge in [0.25, 0.3) is 0 Å². The summed E-state index contributed by atoms with van der Waals surface area (Å²) in [5.74, 6) is -0.447. The van der Waals surface area contributed by atoms with E-state index in [1.54, 1.807) is 30.3 Å². The summed E-state index contributed by atoms with van der Waals surface area (Å²) in [5.41, 5.74) is 6.74. The van der Waals surface area contributed by atoms with Gasteiger partial charge in [-0.2, -0.15) is 0 Å². The van der Waals surface area contributed by atoms with E-state index in [1.807, 2.05) is 0 Å². The van der Waals surface area contributed by atoms with Crippen molar-refractivity contribution >= 4 is 5.88 Å². The highest BCUT2D eigenvalue weighted by Gasteiger charge is 2.20. The second-order valence-corrected chi connectivity index (χ2v) is 4.18. The summed E-state index contributed by atoms with van der Waals surface area (Å²) >= 11 is 0. The fourth-order valence-corrected chi connectivity index (χ4v) is 2.00. The zero-order valence-corrected chi connectivity index (χ0v) is 10.3. The first kappa shape index (κ1) is 12.2. The summed E-state index contributed by atoms with van der Waals surface area (Å²) in [6, 6.07) is 10.7. The first-order chi connectivity index (χ1) is 9.66. The van der Waals surface area contributed by atoms with Crippen molar-refractivity contribution < 1.29 is 8.91 Å². The van der Waals surface area contributed by atoms with Gasteiger partial charge in [-0.05, 0) is 12.1 Å². The Bertz CT molecular complexity index is 823. The molecule has 0 aliphatic heterocycles. The molecule has 20 heavy (non-hydrogen) atoms. The molecule has 0 fully saturated rings. The predicted octanol–water partition coefficient (Wildman–Crippen LogP) is 2.42. The molecule has 1 aromatic carbocycles. The van der Waals surface area contributed by atoms with Gasteiger partial charge in [0.2, 0.25) is 11.4 Å². The number of pyridine rings is 1. The number of nitrogens with two attached hydrogens (primary N) is 1. The summed E-state index contributed by atoms with van der Waals surface area (Å²) in [6.07, 6.45) is 0. The molecule has 3 aromatic rings. The molecule has 2 heterocycles. The molecule has 0 aliphatic rings. The number of nitrogens with one attached hydrogen (secondary N) is 1. The van der Waals surface area contributed by atoms with E-state index in [4.69, 9.17) is 10.3 Å². The number of anilines is 1. The summed E-state index contributed by atoms with van der Waals surface area (Å²) in [5, 5.41) is 3.81. The quantitative estimate of drug-likeness (QED) is 0.749. The molecule has 6 heteroatoms. The number of benzene rings is 1. The second-order valence-electron chi connectivity index (χ2n) is 4.18. The lowest BCUT2D eigenvalue weighted by atomic mass is 10.0. The van der Waals surface area contributed by atoms with Crippen molar-refractivity contribution in [3.63, 3.8) is 0 Å². The minimum absolute atomic E-state index is 0.00481. The van der Waals surface area contributed by atoms with Crippen LogP contribution in [0.3, 0.4) is 0 Å². The first-order valence-corrected chi connectivity index (χ1v) is 5.86. The Morgan fingerprint density at radius 3 is 2.70 bits per heavy atom. The molecule has 0 atom stereocenters. The van der Waals surface area contributed by atoms with Gasteiger partial charge in [-0.25, -0.2) is 4.39 Å². The Kier molecular flexibility index (Phi) is 2.83. The van der Waals surface area contributed by atoms with Crippen LogP contribution in [0, 0.1) is 5.82 Å². The van der Waals surface area contributed by atoms with Crippen LogP contribution in [0.4, 0.5) is 10.3 Å². The second kappa shape index (κ2) is 4.65. The predicted molar refractivity (Wildman–Crippen MR) is 72.4 cm³/mol. The van der Waals surface area contributed by atoms with Crippen molar-refractivity contribution in [2.75, 3.05) is 5.73 Å². The summed E-state index contributed by atoms with van der Waals surface area (Å²) in [6.45, 7) is 0. The van der Waals surface area contributed by atoms with Gasteiger partial charge in [-0.3, -0.25) is 4.79 Å². The Balaban J connectivity index is 2.26. The van der Waals surface area contributed by atoms with Crippen molar-refractivity contribution in [3.8, 4) is 22.5 Å². The molecule has 0 aliphatic carbocycles. The molecule has 0 spiro atoms. The molecule has 0 saturated heterocycles. The van der Waals surface area contributed by atoms with Crippen molar-refractivity contribution in [2.45, 2.75) is 0 Å². The van der Waals surface area contributed by atoms with Gasteiger partial charge in [0.15, 0.2) is 0 Å². The third kappa shape index (κ3) is 1.97. The third-order valence-corrected chi connectivity index (χ3v) is 2.89. The smallest absolute Gasteiger partial charge is 0.248 e. The molecule has 3 rings (SSSR count). The third-order valence-electron chi connectivity index (χ3n) is 2.89. The molecule has 0 radical (unpaired) electrons. The SMILES string of the molecule is Nc1onc(-c2cccc(=O)[nH]2)c1-c1ccccc1F. The van der Waals surface area contributed by atoms with E-state index in [-0.39, 0.29) is 17.0 Å². The fourth-order valence-electron chi connectivity index (χ4n) is 2.00. The van der Waals surface area contributed by atoms with Crippen LogP contribution in [-0.4, -0.2) is 10.1 Å². The van der Waals surface area contributed by atoms with Crippen molar-refractivity contribution in [2.24, 2.45) is 0 Å². The molecule has 0 saturated carbocycles. The first-order valence-electron chi connectivity index (χ1n) is 5.86. The number of hydrogen-bond donors (Lipinski definition) is 2. The highest BCUT2D eigenvalue weighted by molar-refractivity contribution is 5.85. The molecule has 0 amide bonds. The standard InChI is InChI=1S/C14H10FN3O2/c15-9-5-2-1-4-8(9)12-13(18-20-14(12)16)10-6-3-7-11(19)17-10/h1-7H,16H2,(H,17,19). The topological polar surface area (TPSA) is 84.9 Å². The maximum Gasteiger partial charge on any atom is 0.248 e. The number of nitrogen functional groups attached to an aromatic ring is 1. The molecule has 0 bridgehead atoms. The van der Waals surface area contributed by atoms with Gasteiger partial charge in [0, 0.05) is 11.6 Å². The van der Waals surface area contributed by atoms with Crippen molar-refractivity contribution in [3.05, 3.63) is 58.6 Å². The average molecular weight is 271 g/mol. The highest BCUT2D eigenvalue weighted by Crippen LogP contribution is 2.36. The lowest BCUT2D eigenvalue weighted by Gasteiger charge is -2.03. The fraction of sp³-hybridized carbons (Fsp3) is 0. The number of aromatic amines is 1. The van der Waals surface area contributed by atoms with Crippen molar-refractivity contribution in [1.29, 1.82) is 0 Å². The summed E-state index contributed by atoms with van der Waals surface area (Å²) < 4.78 is 18.8. The van der Waals surface area contributed by atoms with Crippen LogP contribution in [0.5, 0.6) is 0 Å². The van der Waals surface area contributed by atoms with Crippen LogP contribution < -0.4 is 11.3 Å². The van der Waals surface area contributed by atoms with E-state index in [2.05, 4.69) is 10.1 Å². The minimum Gasteiger partial charge on any atom is -0.367 e. The van der Waals surface area contributed by atoms with Gasteiger partial charge >= 0.3 is 0 Å². The molecular weight excluding hydrogens is 261 g/mol. The lowest BCUT2D eigenvalue weighted by Crippen LogP contribution is -2.04. The van der Waals surface area contributed by atoms with E-state index < -0.39 is 5.82 Å². The van der Waals surface area contributed by atoms with Gasteiger partial charge in [0.1, 0.15) is 11.5 Å². The molecule has 2 aromatic heterocycles. The zero-order chi connectivity index (χ0) is 14.1. The zero-order valence-electron chi connectivity index (χ0n) is 10.3. The Labute approximate surface area is 112 Å². The Morgan fingerprint density at radius 1 is 1.15 bits per heavy atom. The van der Waals surface area contributed by atoms with Crippen LogP contribution >= 0.6 is 0 Å². The molecule has 3 N–H and O–H groups in total. The molecule has 0 unspecified atom stereocenters. The molecular formula is C14H10FN3O2. The average Bonchev–Trinajstić information content (AvgIpc) is 2.81. The summed E-state index contributed by atoms with van der Waals surface area (Å²) in [4.78, 5) is 14.0. The summed E-state index contributed by atoms with van der Waals surface area (Å²) in [7, 11) is 0. The molecule has 5 nitrogen and oxygen atoms in total.